The Balaban J connectivity index is 1.99. The number of fused-ring (bicyclic) bond motifs is 1. The number of ether oxygens (including phenoxy) is 1. The molecule has 2 aromatic rings. The molecule has 1 aliphatic heterocycles. The van der Waals surface area contributed by atoms with E-state index in [0.717, 1.165) is 23.2 Å². The summed E-state index contributed by atoms with van der Waals surface area (Å²) >= 11 is 0. The molecule has 0 saturated heterocycles. The van der Waals surface area contributed by atoms with Gasteiger partial charge in [0.1, 0.15) is 6.61 Å². The second-order valence-corrected chi connectivity index (χ2v) is 6.23. The van der Waals surface area contributed by atoms with E-state index in [1.807, 2.05) is 12.1 Å². The first-order valence-electron chi connectivity index (χ1n) is 7.99. The third-order valence-electron chi connectivity index (χ3n) is 4.17. The highest BCUT2D eigenvalue weighted by atomic mass is 16.5. The van der Waals surface area contributed by atoms with Gasteiger partial charge in [0.05, 0.1) is 6.10 Å². The number of phenols is 1. The normalized spacial score (nSPS) is 16.3. The summed E-state index contributed by atoms with van der Waals surface area (Å²) in [5.74, 6) is 0.745. The fraction of sp³-hybridized carbons (Fsp3) is 0.368. The van der Waals surface area contributed by atoms with E-state index in [-0.39, 0.29) is 11.9 Å². The Morgan fingerprint density at radius 1 is 1.26 bits per heavy atom. The van der Waals surface area contributed by atoms with Crippen LogP contribution in [-0.4, -0.2) is 40.9 Å². The molecule has 3 rings (SSSR count). The van der Waals surface area contributed by atoms with Gasteiger partial charge in [-0.15, -0.1) is 0 Å². The van der Waals surface area contributed by atoms with Crippen LogP contribution in [0.15, 0.2) is 36.4 Å². The van der Waals surface area contributed by atoms with Crippen LogP contribution in [0.3, 0.4) is 0 Å². The van der Waals surface area contributed by atoms with Gasteiger partial charge in [-0.3, -0.25) is 4.90 Å². The topological polar surface area (TPSA) is 52.9 Å². The molecule has 23 heavy (non-hydrogen) atoms. The van der Waals surface area contributed by atoms with Crippen LogP contribution in [-0.2, 0) is 6.54 Å². The van der Waals surface area contributed by atoms with E-state index < -0.39 is 0 Å². The van der Waals surface area contributed by atoms with Gasteiger partial charge < -0.3 is 14.9 Å². The number of rotatable bonds is 3. The Kier molecular flexibility index (Phi) is 4.55. The van der Waals surface area contributed by atoms with Crippen LogP contribution in [0.2, 0.25) is 0 Å². The molecule has 0 bridgehead atoms. The number of hydrogen-bond donors (Lipinski definition) is 2. The summed E-state index contributed by atoms with van der Waals surface area (Å²) in [5.41, 5.74) is 4.22. The molecule has 0 aromatic heterocycles. The molecular formula is C19H23NO3. The van der Waals surface area contributed by atoms with Crippen LogP contribution in [0.1, 0.15) is 18.1 Å². The van der Waals surface area contributed by atoms with Crippen molar-refractivity contribution in [2.24, 2.45) is 0 Å². The van der Waals surface area contributed by atoms with Gasteiger partial charge in [-0.05, 0) is 42.7 Å². The number of β-amino-alcohol motifs (C(OH)–C–C–N with tert-alkyl or cyclic N) is 1. The van der Waals surface area contributed by atoms with E-state index >= 15 is 0 Å². The largest absolute Gasteiger partial charge is 0.504 e. The maximum Gasteiger partial charge on any atom is 0.165 e. The molecule has 0 unspecified atom stereocenters. The quantitative estimate of drug-likeness (QED) is 0.915. The zero-order valence-electron chi connectivity index (χ0n) is 13.6. The van der Waals surface area contributed by atoms with E-state index in [9.17, 15) is 10.2 Å². The van der Waals surface area contributed by atoms with E-state index in [1.165, 1.54) is 5.56 Å². The minimum atomic E-state index is -0.385. The summed E-state index contributed by atoms with van der Waals surface area (Å²) in [5, 5.41) is 20.0. The predicted molar refractivity (Wildman–Crippen MR) is 90.7 cm³/mol. The first kappa shape index (κ1) is 15.8. The summed E-state index contributed by atoms with van der Waals surface area (Å²) < 4.78 is 5.74. The second kappa shape index (κ2) is 6.60. The maximum absolute atomic E-state index is 10.4. The van der Waals surface area contributed by atoms with Gasteiger partial charge in [0, 0.05) is 25.2 Å². The molecule has 0 spiro atoms. The molecule has 1 atom stereocenters. The Hall–Kier alpha value is -2.04. The van der Waals surface area contributed by atoms with Crippen molar-refractivity contribution in [3.63, 3.8) is 0 Å². The van der Waals surface area contributed by atoms with Crippen LogP contribution >= 0.6 is 0 Å². The lowest BCUT2D eigenvalue weighted by molar-refractivity contribution is 0.117. The van der Waals surface area contributed by atoms with Gasteiger partial charge >= 0.3 is 0 Å². The molecule has 1 aliphatic rings. The van der Waals surface area contributed by atoms with Crippen molar-refractivity contribution in [1.29, 1.82) is 0 Å². The van der Waals surface area contributed by atoms with E-state index in [4.69, 9.17) is 4.74 Å². The molecular weight excluding hydrogens is 290 g/mol. The molecule has 4 heteroatoms. The van der Waals surface area contributed by atoms with Gasteiger partial charge in [0.15, 0.2) is 11.5 Å². The van der Waals surface area contributed by atoms with Crippen molar-refractivity contribution in [2.75, 3.05) is 19.7 Å². The molecule has 2 aromatic carbocycles. The number of hydrogen-bond acceptors (Lipinski definition) is 4. The fourth-order valence-corrected chi connectivity index (χ4v) is 3.13. The van der Waals surface area contributed by atoms with E-state index in [1.54, 1.807) is 13.0 Å². The Labute approximate surface area is 136 Å². The number of aromatic hydroxyl groups is 1. The average Bonchev–Trinajstić information content (AvgIpc) is 2.69. The smallest absolute Gasteiger partial charge is 0.165 e. The lowest BCUT2D eigenvalue weighted by Gasteiger charge is -2.21. The lowest BCUT2D eigenvalue weighted by atomic mass is 9.98. The Morgan fingerprint density at radius 3 is 2.78 bits per heavy atom. The SMILES string of the molecule is Cc1ccccc1-c1cc(O)c2c(c1)CN(C[C@H](C)O)CCO2. The molecule has 4 nitrogen and oxygen atoms in total. The molecule has 0 fully saturated rings. The molecule has 122 valence electrons. The Bertz CT molecular complexity index is 697. The van der Waals surface area contributed by atoms with Crippen LogP contribution in [0.4, 0.5) is 0 Å². The monoisotopic (exact) mass is 313 g/mol. The number of nitrogens with zero attached hydrogens (tertiary/aromatic N) is 1. The highest BCUT2D eigenvalue weighted by Crippen LogP contribution is 2.38. The van der Waals surface area contributed by atoms with Crippen molar-refractivity contribution in [2.45, 2.75) is 26.5 Å². The molecule has 0 aliphatic carbocycles. The van der Waals surface area contributed by atoms with E-state index in [0.29, 0.717) is 25.4 Å². The number of aryl methyl sites for hydroxylation is 1. The highest BCUT2D eigenvalue weighted by molar-refractivity contribution is 5.71. The number of phenolic OH excluding ortho intramolecular Hbond substituents is 1. The highest BCUT2D eigenvalue weighted by Gasteiger charge is 2.20. The first-order chi connectivity index (χ1) is 11.0. The maximum atomic E-state index is 10.4. The lowest BCUT2D eigenvalue weighted by Crippen LogP contribution is -2.32. The molecule has 0 radical (unpaired) electrons. The van der Waals surface area contributed by atoms with Crippen LogP contribution < -0.4 is 4.74 Å². The molecule has 2 N–H and O–H groups in total. The van der Waals surface area contributed by atoms with Gasteiger partial charge in [0.2, 0.25) is 0 Å². The van der Waals surface area contributed by atoms with Crippen molar-refractivity contribution in [1.82, 2.24) is 4.90 Å². The molecule has 1 heterocycles. The third kappa shape index (κ3) is 3.49. The number of aliphatic hydroxyl groups excluding tert-OH is 1. The predicted octanol–water partition coefficient (Wildman–Crippen LogP) is 2.94. The average molecular weight is 313 g/mol. The zero-order chi connectivity index (χ0) is 16.4. The Morgan fingerprint density at radius 2 is 2.04 bits per heavy atom. The summed E-state index contributed by atoms with van der Waals surface area (Å²) in [4.78, 5) is 2.15. The third-order valence-corrected chi connectivity index (χ3v) is 4.17. The summed E-state index contributed by atoms with van der Waals surface area (Å²) in [6, 6.07) is 12.0. The second-order valence-electron chi connectivity index (χ2n) is 6.23. The summed E-state index contributed by atoms with van der Waals surface area (Å²) in [6.07, 6.45) is -0.385. The van der Waals surface area contributed by atoms with Gasteiger partial charge in [-0.1, -0.05) is 24.3 Å². The number of aliphatic hydroxyl groups is 1. The van der Waals surface area contributed by atoms with Crippen molar-refractivity contribution >= 4 is 0 Å². The standard InChI is InChI=1S/C19H23NO3/c1-13-5-3-4-6-17(13)15-9-16-12-20(11-14(2)21)7-8-23-19(16)18(22)10-15/h3-6,9-10,14,21-22H,7-8,11-12H2,1-2H3/t14-/m0/s1. The summed E-state index contributed by atoms with van der Waals surface area (Å²) in [7, 11) is 0. The number of benzene rings is 2. The zero-order valence-corrected chi connectivity index (χ0v) is 13.6. The molecule has 0 saturated carbocycles. The van der Waals surface area contributed by atoms with Crippen LogP contribution in [0, 0.1) is 6.92 Å². The van der Waals surface area contributed by atoms with Gasteiger partial charge in [0.25, 0.3) is 0 Å². The van der Waals surface area contributed by atoms with Crippen molar-refractivity contribution in [3.05, 3.63) is 47.5 Å². The minimum Gasteiger partial charge on any atom is -0.504 e. The minimum absolute atomic E-state index is 0.180. The van der Waals surface area contributed by atoms with Gasteiger partial charge in [-0.25, -0.2) is 0 Å². The first-order valence-corrected chi connectivity index (χ1v) is 7.99. The van der Waals surface area contributed by atoms with E-state index in [2.05, 4.69) is 30.0 Å². The van der Waals surface area contributed by atoms with Crippen molar-refractivity contribution < 1.29 is 14.9 Å². The summed E-state index contributed by atoms with van der Waals surface area (Å²) in [6.45, 7) is 6.35. The fourth-order valence-electron chi connectivity index (χ4n) is 3.13. The van der Waals surface area contributed by atoms with Gasteiger partial charge in [-0.2, -0.15) is 0 Å². The van der Waals surface area contributed by atoms with Crippen LogP contribution in [0.25, 0.3) is 11.1 Å². The van der Waals surface area contributed by atoms with Crippen LogP contribution in [0.5, 0.6) is 11.5 Å². The molecule has 0 amide bonds. The van der Waals surface area contributed by atoms with Crippen molar-refractivity contribution in [3.8, 4) is 22.6 Å².